The van der Waals surface area contributed by atoms with Gasteiger partial charge in [0, 0.05) is 4.47 Å². The number of halogens is 1. The van der Waals surface area contributed by atoms with Crippen molar-refractivity contribution in [2.75, 3.05) is 0 Å². The minimum Gasteiger partial charge on any atom is -0.341 e. The van der Waals surface area contributed by atoms with Crippen LogP contribution in [0.5, 0.6) is 0 Å². The van der Waals surface area contributed by atoms with E-state index in [0.717, 1.165) is 11.0 Å². The fraction of sp³-hybridized carbons (Fsp3) is 0.0714. The Labute approximate surface area is 130 Å². The minimum absolute atomic E-state index is 0.109. The van der Waals surface area contributed by atoms with Gasteiger partial charge in [-0.2, -0.15) is 0 Å². The molecule has 7 heteroatoms. The lowest BCUT2D eigenvalue weighted by Gasteiger charge is -2.06. The normalized spacial score (nSPS) is 11.9. The molecule has 0 atom stereocenters. The molecule has 2 N–H and O–H groups in total. The molecule has 0 fully saturated rings. The van der Waals surface area contributed by atoms with Crippen molar-refractivity contribution in [1.82, 2.24) is 14.7 Å². The molecule has 0 aliphatic carbocycles. The maximum Gasteiger partial charge on any atom is 0.242 e. The van der Waals surface area contributed by atoms with Gasteiger partial charge in [-0.1, -0.05) is 24.3 Å². The molecule has 3 rings (SSSR count). The van der Waals surface area contributed by atoms with Crippen LogP contribution >= 0.6 is 15.9 Å². The van der Waals surface area contributed by atoms with Crippen LogP contribution in [-0.2, 0) is 16.6 Å². The number of rotatable bonds is 4. The van der Waals surface area contributed by atoms with Gasteiger partial charge in [0.15, 0.2) is 0 Å². The molecule has 108 valence electrons. The molecule has 1 aromatic heterocycles. The van der Waals surface area contributed by atoms with E-state index in [1.54, 1.807) is 24.3 Å². The molecule has 0 saturated carbocycles. The molecule has 0 bridgehead atoms. The number of aromatic nitrogens is 2. The minimum atomic E-state index is -3.58. The van der Waals surface area contributed by atoms with E-state index in [-0.39, 0.29) is 11.4 Å². The average molecular weight is 366 g/mol. The fourth-order valence-electron chi connectivity index (χ4n) is 1.99. The molecular weight excluding hydrogens is 354 g/mol. The van der Waals surface area contributed by atoms with Gasteiger partial charge in [-0.15, -0.1) is 0 Å². The number of benzene rings is 2. The fourth-order valence-corrected chi connectivity index (χ4v) is 3.98. The molecule has 21 heavy (non-hydrogen) atoms. The summed E-state index contributed by atoms with van der Waals surface area (Å²) in [5, 5.41) is 0. The summed E-state index contributed by atoms with van der Waals surface area (Å²) in [6, 6.07) is 14.2. The summed E-state index contributed by atoms with van der Waals surface area (Å²) in [4.78, 5) is 7.63. The van der Waals surface area contributed by atoms with Gasteiger partial charge in [0.2, 0.25) is 10.0 Å². The molecule has 0 aliphatic heterocycles. The van der Waals surface area contributed by atoms with Gasteiger partial charge in [-0.3, -0.25) is 0 Å². The number of aromatic amines is 1. The van der Waals surface area contributed by atoms with Crippen molar-refractivity contribution in [2.24, 2.45) is 0 Å². The Balaban J connectivity index is 1.82. The summed E-state index contributed by atoms with van der Waals surface area (Å²) in [6.07, 6.45) is 0. The van der Waals surface area contributed by atoms with Crippen LogP contribution in [0.25, 0.3) is 11.0 Å². The summed E-state index contributed by atoms with van der Waals surface area (Å²) in [7, 11) is -3.58. The van der Waals surface area contributed by atoms with E-state index < -0.39 is 10.0 Å². The first kappa shape index (κ1) is 14.2. The molecule has 0 amide bonds. The van der Waals surface area contributed by atoms with Crippen molar-refractivity contribution >= 4 is 37.0 Å². The Bertz CT molecular complexity index is 857. The number of fused-ring (bicyclic) bond motifs is 1. The van der Waals surface area contributed by atoms with E-state index in [2.05, 4.69) is 30.6 Å². The molecule has 2 aromatic carbocycles. The molecule has 0 unspecified atom stereocenters. The number of hydrogen-bond acceptors (Lipinski definition) is 3. The topological polar surface area (TPSA) is 74.8 Å². The number of H-pyrrole nitrogens is 1. The zero-order chi connectivity index (χ0) is 14.9. The van der Waals surface area contributed by atoms with Crippen LogP contribution in [0, 0.1) is 0 Å². The Kier molecular flexibility index (Phi) is 3.79. The van der Waals surface area contributed by atoms with E-state index in [1.807, 2.05) is 24.3 Å². The second kappa shape index (κ2) is 5.59. The Hall–Kier alpha value is -1.70. The third-order valence-electron chi connectivity index (χ3n) is 2.99. The van der Waals surface area contributed by atoms with Crippen molar-refractivity contribution in [3.05, 3.63) is 58.8 Å². The molecule has 0 radical (unpaired) electrons. The molecule has 0 saturated heterocycles. The smallest absolute Gasteiger partial charge is 0.242 e. The first-order valence-corrected chi connectivity index (χ1v) is 8.52. The summed E-state index contributed by atoms with van der Waals surface area (Å²) < 4.78 is 27.6. The molecule has 5 nitrogen and oxygen atoms in total. The third kappa shape index (κ3) is 2.99. The van der Waals surface area contributed by atoms with Gasteiger partial charge >= 0.3 is 0 Å². The second-order valence-corrected chi connectivity index (χ2v) is 7.05. The maximum absolute atomic E-state index is 12.3. The van der Waals surface area contributed by atoms with Crippen molar-refractivity contribution < 1.29 is 8.42 Å². The highest BCUT2D eigenvalue weighted by Crippen LogP contribution is 2.21. The maximum atomic E-state index is 12.3. The van der Waals surface area contributed by atoms with E-state index in [0.29, 0.717) is 10.3 Å². The highest BCUT2D eigenvalue weighted by atomic mass is 79.9. The second-order valence-electron chi connectivity index (χ2n) is 4.46. The Morgan fingerprint density at radius 3 is 2.57 bits per heavy atom. The number of imidazole rings is 1. The van der Waals surface area contributed by atoms with Crippen LogP contribution < -0.4 is 4.72 Å². The number of nitrogens with zero attached hydrogens (tertiary/aromatic N) is 1. The van der Waals surface area contributed by atoms with Crippen LogP contribution in [0.15, 0.2) is 57.9 Å². The van der Waals surface area contributed by atoms with Crippen LogP contribution in [0.3, 0.4) is 0 Å². The van der Waals surface area contributed by atoms with Crippen LogP contribution in [-0.4, -0.2) is 18.4 Å². The van der Waals surface area contributed by atoms with Crippen molar-refractivity contribution in [2.45, 2.75) is 11.4 Å². The molecule has 3 aromatic rings. The Morgan fingerprint density at radius 2 is 1.81 bits per heavy atom. The molecule has 1 heterocycles. The number of para-hydroxylation sites is 2. The van der Waals surface area contributed by atoms with Crippen molar-refractivity contribution in [3.8, 4) is 0 Å². The first-order chi connectivity index (χ1) is 10.1. The largest absolute Gasteiger partial charge is 0.341 e. The number of nitrogens with one attached hydrogen (secondary N) is 2. The van der Waals surface area contributed by atoms with Gasteiger partial charge in [0.25, 0.3) is 0 Å². The van der Waals surface area contributed by atoms with Gasteiger partial charge in [0.1, 0.15) is 5.82 Å². The van der Waals surface area contributed by atoms with E-state index in [9.17, 15) is 8.42 Å². The summed E-state index contributed by atoms with van der Waals surface area (Å²) in [5.74, 6) is 0.576. The average Bonchev–Trinajstić information content (AvgIpc) is 2.88. The predicted octanol–water partition coefficient (Wildman–Crippen LogP) is 2.80. The molecule has 0 aliphatic rings. The molecular formula is C14H12BrN3O2S. The number of sulfonamides is 1. The lowest BCUT2D eigenvalue weighted by molar-refractivity contribution is 0.579. The lowest BCUT2D eigenvalue weighted by Crippen LogP contribution is -2.24. The van der Waals surface area contributed by atoms with E-state index in [4.69, 9.17) is 0 Å². The summed E-state index contributed by atoms with van der Waals surface area (Å²) in [6.45, 7) is 0.109. The summed E-state index contributed by atoms with van der Waals surface area (Å²) >= 11 is 3.24. The zero-order valence-corrected chi connectivity index (χ0v) is 13.3. The van der Waals surface area contributed by atoms with Crippen molar-refractivity contribution in [3.63, 3.8) is 0 Å². The lowest BCUT2D eigenvalue weighted by atomic mass is 10.3. The summed E-state index contributed by atoms with van der Waals surface area (Å²) in [5.41, 5.74) is 1.69. The third-order valence-corrected chi connectivity index (χ3v) is 5.41. The monoisotopic (exact) mass is 365 g/mol. The van der Waals surface area contributed by atoms with E-state index in [1.165, 1.54) is 0 Å². The SMILES string of the molecule is O=S(=O)(NCc1nc2ccccc2[nH]1)c1ccccc1Br. The standard InChI is InChI=1S/C14H12BrN3O2S/c15-10-5-1-4-8-13(10)21(19,20)16-9-14-17-11-6-2-3-7-12(11)18-14/h1-8,16H,9H2,(H,17,18). The Morgan fingerprint density at radius 1 is 1.10 bits per heavy atom. The van der Waals surface area contributed by atoms with Gasteiger partial charge in [-0.25, -0.2) is 18.1 Å². The van der Waals surface area contributed by atoms with Crippen LogP contribution in [0.1, 0.15) is 5.82 Å². The predicted molar refractivity (Wildman–Crippen MR) is 84.3 cm³/mol. The van der Waals surface area contributed by atoms with Gasteiger partial charge < -0.3 is 4.98 Å². The van der Waals surface area contributed by atoms with Gasteiger partial charge in [-0.05, 0) is 40.2 Å². The highest BCUT2D eigenvalue weighted by Gasteiger charge is 2.17. The van der Waals surface area contributed by atoms with Crippen molar-refractivity contribution in [1.29, 1.82) is 0 Å². The van der Waals surface area contributed by atoms with Gasteiger partial charge in [0.05, 0.1) is 22.5 Å². The molecule has 0 spiro atoms. The van der Waals surface area contributed by atoms with Crippen LogP contribution in [0.4, 0.5) is 0 Å². The first-order valence-electron chi connectivity index (χ1n) is 6.24. The zero-order valence-electron chi connectivity index (χ0n) is 10.9. The number of hydrogen-bond donors (Lipinski definition) is 2. The van der Waals surface area contributed by atoms with Crippen LogP contribution in [0.2, 0.25) is 0 Å². The highest BCUT2D eigenvalue weighted by molar-refractivity contribution is 9.10. The quantitative estimate of drug-likeness (QED) is 0.746. The van der Waals surface area contributed by atoms with E-state index >= 15 is 0 Å².